The Bertz CT molecular complexity index is 565. The van der Waals surface area contributed by atoms with Crippen molar-refractivity contribution in [3.05, 3.63) is 42.0 Å². The van der Waals surface area contributed by atoms with Crippen molar-refractivity contribution in [1.29, 1.82) is 0 Å². The summed E-state index contributed by atoms with van der Waals surface area (Å²) in [6, 6.07) is 10.0. The van der Waals surface area contributed by atoms with Crippen molar-refractivity contribution in [1.82, 2.24) is 5.32 Å². The highest BCUT2D eigenvalue weighted by atomic mass is 16.5. The van der Waals surface area contributed by atoms with E-state index >= 15 is 0 Å². The van der Waals surface area contributed by atoms with Crippen LogP contribution >= 0.6 is 0 Å². The predicted molar refractivity (Wildman–Crippen MR) is 84.7 cm³/mol. The molecular weight excluding hydrogens is 278 g/mol. The minimum Gasteiger partial charge on any atom is -0.490 e. The Morgan fingerprint density at radius 2 is 2.09 bits per heavy atom. The average molecular weight is 301 g/mol. The van der Waals surface area contributed by atoms with Crippen LogP contribution in [0.1, 0.15) is 26.7 Å². The van der Waals surface area contributed by atoms with Gasteiger partial charge in [-0.25, -0.2) is 0 Å². The summed E-state index contributed by atoms with van der Waals surface area (Å²) in [7, 11) is 0. The normalized spacial score (nSPS) is 26.5. The third-order valence-electron chi connectivity index (χ3n) is 4.76. The lowest BCUT2D eigenvalue weighted by atomic mass is 9.64. The van der Waals surface area contributed by atoms with Gasteiger partial charge in [0.1, 0.15) is 11.9 Å². The van der Waals surface area contributed by atoms with E-state index in [4.69, 9.17) is 9.47 Å². The predicted octanol–water partition coefficient (Wildman–Crippen LogP) is 2.70. The van der Waals surface area contributed by atoms with Gasteiger partial charge in [0.15, 0.2) is 0 Å². The topological polar surface area (TPSA) is 47.6 Å². The molecule has 2 aliphatic rings. The largest absolute Gasteiger partial charge is 0.490 e. The van der Waals surface area contributed by atoms with Crippen LogP contribution in [0.3, 0.4) is 0 Å². The lowest BCUT2D eigenvalue weighted by Crippen LogP contribution is -2.63. The van der Waals surface area contributed by atoms with E-state index < -0.39 is 0 Å². The Balaban J connectivity index is 1.56. The summed E-state index contributed by atoms with van der Waals surface area (Å²) in [5.74, 6) is 0.928. The zero-order valence-electron chi connectivity index (χ0n) is 13.2. The van der Waals surface area contributed by atoms with E-state index in [-0.39, 0.29) is 23.5 Å². The molecule has 0 radical (unpaired) electrons. The molecule has 1 saturated carbocycles. The SMILES string of the molecule is CC1(C)[C@@H](NC(=O)C2=CCOCC2)C[C@H]1Oc1ccccc1. The average Bonchev–Trinajstić information content (AvgIpc) is 2.55. The van der Waals surface area contributed by atoms with E-state index in [2.05, 4.69) is 19.2 Å². The van der Waals surface area contributed by atoms with Crippen molar-refractivity contribution in [3.8, 4) is 5.75 Å². The van der Waals surface area contributed by atoms with Gasteiger partial charge in [-0.2, -0.15) is 0 Å². The van der Waals surface area contributed by atoms with E-state index in [0.29, 0.717) is 19.6 Å². The quantitative estimate of drug-likeness (QED) is 0.930. The summed E-state index contributed by atoms with van der Waals surface area (Å²) in [5.41, 5.74) is 0.770. The molecule has 2 atom stereocenters. The first-order valence-corrected chi connectivity index (χ1v) is 7.86. The molecule has 0 spiro atoms. The number of ether oxygens (including phenoxy) is 2. The molecule has 0 bridgehead atoms. The number of carbonyl (C=O) groups excluding carboxylic acids is 1. The van der Waals surface area contributed by atoms with Crippen molar-refractivity contribution in [2.75, 3.05) is 13.2 Å². The number of rotatable bonds is 4. The third kappa shape index (κ3) is 3.02. The van der Waals surface area contributed by atoms with Gasteiger partial charge in [-0.1, -0.05) is 38.1 Å². The van der Waals surface area contributed by atoms with Crippen LogP contribution in [0.2, 0.25) is 0 Å². The molecule has 1 aliphatic carbocycles. The second-order valence-electron chi connectivity index (χ2n) is 6.56. The maximum Gasteiger partial charge on any atom is 0.247 e. The fourth-order valence-corrected chi connectivity index (χ4v) is 2.98. The van der Waals surface area contributed by atoms with Crippen LogP contribution < -0.4 is 10.1 Å². The number of hydrogen-bond donors (Lipinski definition) is 1. The van der Waals surface area contributed by atoms with Crippen LogP contribution in [0.4, 0.5) is 0 Å². The van der Waals surface area contributed by atoms with E-state index in [0.717, 1.165) is 17.7 Å². The second-order valence-corrected chi connectivity index (χ2v) is 6.56. The molecule has 1 aromatic carbocycles. The Morgan fingerprint density at radius 3 is 2.73 bits per heavy atom. The summed E-state index contributed by atoms with van der Waals surface area (Å²) >= 11 is 0. The van der Waals surface area contributed by atoms with Gasteiger partial charge in [-0.3, -0.25) is 4.79 Å². The third-order valence-corrected chi connectivity index (χ3v) is 4.76. The van der Waals surface area contributed by atoms with Crippen LogP contribution in [-0.4, -0.2) is 31.3 Å². The maximum atomic E-state index is 12.3. The van der Waals surface area contributed by atoms with Crippen LogP contribution in [0.25, 0.3) is 0 Å². The van der Waals surface area contributed by atoms with Crippen molar-refractivity contribution < 1.29 is 14.3 Å². The van der Waals surface area contributed by atoms with Crippen molar-refractivity contribution in [2.45, 2.75) is 38.8 Å². The highest BCUT2D eigenvalue weighted by molar-refractivity contribution is 5.93. The van der Waals surface area contributed by atoms with Gasteiger partial charge in [0.05, 0.1) is 13.2 Å². The molecule has 1 amide bonds. The van der Waals surface area contributed by atoms with Gasteiger partial charge in [0, 0.05) is 29.9 Å². The molecular formula is C18H23NO3. The summed E-state index contributed by atoms with van der Waals surface area (Å²) in [5, 5.41) is 3.15. The maximum absolute atomic E-state index is 12.3. The van der Waals surface area contributed by atoms with Gasteiger partial charge in [-0.15, -0.1) is 0 Å². The van der Waals surface area contributed by atoms with Gasteiger partial charge in [-0.05, 0) is 12.1 Å². The smallest absolute Gasteiger partial charge is 0.247 e. The summed E-state index contributed by atoms with van der Waals surface area (Å²) in [4.78, 5) is 12.3. The summed E-state index contributed by atoms with van der Waals surface area (Å²) < 4.78 is 11.3. The van der Waals surface area contributed by atoms with Gasteiger partial charge >= 0.3 is 0 Å². The Kier molecular flexibility index (Phi) is 4.21. The Hall–Kier alpha value is -1.81. The highest BCUT2D eigenvalue weighted by Gasteiger charge is 2.50. The lowest BCUT2D eigenvalue weighted by Gasteiger charge is -2.51. The van der Waals surface area contributed by atoms with Gasteiger partial charge < -0.3 is 14.8 Å². The first kappa shape index (κ1) is 15.1. The number of hydrogen-bond acceptors (Lipinski definition) is 3. The highest BCUT2D eigenvalue weighted by Crippen LogP contribution is 2.43. The van der Waals surface area contributed by atoms with E-state index in [1.807, 2.05) is 36.4 Å². The van der Waals surface area contributed by atoms with Crippen molar-refractivity contribution >= 4 is 5.91 Å². The molecule has 3 rings (SSSR count). The fourth-order valence-electron chi connectivity index (χ4n) is 2.98. The Labute approximate surface area is 131 Å². The van der Waals surface area contributed by atoms with E-state index in [1.54, 1.807) is 0 Å². The Morgan fingerprint density at radius 1 is 1.32 bits per heavy atom. The van der Waals surface area contributed by atoms with Crippen molar-refractivity contribution in [2.24, 2.45) is 5.41 Å². The van der Waals surface area contributed by atoms with Crippen LogP contribution in [0, 0.1) is 5.41 Å². The van der Waals surface area contributed by atoms with Crippen LogP contribution in [0.15, 0.2) is 42.0 Å². The number of nitrogens with one attached hydrogen (secondary N) is 1. The number of benzene rings is 1. The molecule has 1 N–H and O–H groups in total. The molecule has 1 fully saturated rings. The van der Waals surface area contributed by atoms with E-state index in [1.165, 1.54) is 0 Å². The van der Waals surface area contributed by atoms with E-state index in [9.17, 15) is 4.79 Å². The minimum absolute atomic E-state index is 0.0412. The first-order valence-electron chi connectivity index (χ1n) is 7.86. The molecule has 1 aromatic rings. The molecule has 4 nitrogen and oxygen atoms in total. The second kappa shape index (κ2) is 6.13. The molecule has 0 saturated heterocycles. The standard InChI is InChI=1S/C18H23NO3/c1-18(2)15(19-17(20)13-8-10-21-11-9-13)12-16(18)22-14-6-4-3-5-7-14/h3-8,15-16H,9-12H2,1-2H3,(H,19,20)/t15-,16+/m0/s1. The number of amides is 1. The molecule has 1 heterocycles. The molecule has 0 aromatic heterocycles. The minimum atomic E-state index is -0.0722. The zero-order valence-corrected chi connectivity index (χ0v) is 13.2. The molecule has 1 aliphatic heterocycles. The molecule has 4 heteroatoms. The van der Waals surface area contributed by atoms with Crippen molar-refractivity contribution in [3.63, 3.8) is 0 Å². The first-order chi connectivity index (χ1) is 10.6. The van der Waals surface area contributed by atoms with Gasteiger partial charge in [0.25, 0.3) is 0 Å². The molecule has 22 heavy (non-hydrogen) atoms. The molecule has 0 unspecified atom stereocenters. The van der Waals surface area contributed by atoms with Crippen LogP contribution in [0.5, 0.6) is 5.75 Å². The van der Waals surface area contributed by atoms with Gasteiger partial charge in [0.2, 0.25) is 5.91 Å². The summed E-state index contributed by atoms with van der Waals surface area (Å²) in [6.07, 6.45) is 3.55. The summed E-state index contributed by atoms with van der Waals surface area (Å²) in [6.45, 7) is 5.46. The monoisotopic (exact) mass is 301 g/mol. The lowest BCUT2D eigenvalue weighted by molar-refractivity contribution is -0.124. The number of para-hydroxylation sites is 1. The molecule has 118 valence electrons. The van der Waals surface area contributed by atoms with Crippen LogP contribution in [-0.2, 0) is 9.53 Å². The fraction of sp³-hybridized carbons (Fsp3) is 0.500. The number of carbonyl (C=O) groups is 1. The zero-order chi connectivity index (χ0) is 15.6.